The van der Waals surface area contributed by atoms with Crippen LogP contribution in [0, 0.1) is 13.8 Å². The molecule has 0 radical (unpaired) electrons. The molecule has 2 atom stereocenters. The van der Waals surface area contributed by atoms with Gasteiger partial charge in [0, 0.05) is 37.6 Å². The van der Waals surface area contributed by atoms with Crippen molar-refractivity contribution >= 4 is 17.3 Å². The van der Waals surface area contributed by atoms with E-state index in [4.69, 9.17) is 0 Å². The van der Waals surface area contributed by atoms with E-state index in [2.05, 4.69) is 76.8 Å². The molecule has 7 heteroatoms. The molecule has 2 saturated heterocycles. The molecule has 0 aliphatic carbocycles. The first-order chi connectivity index (χ1) is 13.6. The lowest BCUT2D eigenvalue weighted by Crippen LogP contribution is -2.57. The SMILES string of the molecule is Cc1ccc(NC2NNNC2C(=O)N2CCN(c3ccccc3)CC2)cc1C. The first-order valence-electron chi connectivity index (χ1n) is 9.80. The molecule has 0 spiro atoms. The summed E-state index contributed by atoms with van der Waals surface area (Å²) in [6.45, 7) is 7.33. The van der Waals surface area contributed by atoms with Crippen molar-refractivity contribution in [1.82, 2.24) is 21.3 Å². The molecule has 4 N–H and O–H groups in total. The lowest BCUT2D eigenvalue weighted by molar-refractivity contribution is -0.133. The Balaban J connectivity index is 1.36. The van der Waals surface area contributed by atoms with Crippen LogP contribution in [0.3, 0.4) is 0 Å². The zero-order chi connectivity index (χ0) is 19.5. The third kappa shape index (κ3) is 3.96. The van der Waals surface area contributed by atoms with Gasteiger partial charge in [-0.15, -0.1) is 0 Å². The molecule has 2 aromatic rings. The van der Waals surface area contributed by atoms with E-state index in [9.17, 15) is 4.79 Å². The molecule has 2 aromatic carbocycles. The predicted molar refractivity (Wildman–Crippen MR) is 112 cm³/mol. The molecule has 0 bridgehead atoms. The van der Waals surface area contributed by atoms with Crippen LogP contribution in [0.25, 0.3) is 0 Å². The molecule has 4 rings (SSSR count). The normalized spacial score (nSPS) is 22.4. The van der Waals surface area contributed by atoms with Crippen LogP contribution in [-0.2, 0) is 4.79 Å². The molecule has 2 aliphatic rings. The second-order valence-corrected chi connectivity index (χ2v) is 7.46. The van der Waals surface area contributed by atoms with E-state index in [0.29, 0.717) is 0 Å². The Kier molecular flexibility index (Phi) is 5.47. The summed E-state index contributed by atoms with van der Waals surface area (Å²) in [7, 11) is 0. The van der Waals surface area contributed by atoms with Gasteiger partial charge >= 0.3 is 0 Å². The lowest BCUT2D eigenvalue weighted by atomic mass is 10.1. The summed E-state index contributed by atoms with van der Waals surface area (Å²) in [6, 6.07) is 16.2. The van der Waals surface area contributed by atoms with E-state index >= 15 is 0 Å². The molecule has 7 nitrogen and oxygen atoms in total. The van der Waals surface area contributed by atoms with Crippen LogP contribution in [-0.4, -0.2) is 49.2 Å². The number of hydrogen-bond donors (Lipinski definition) is 4. The highest BCUT2D eigenvalue weighted by molar-refractivity contribution is 5.83. The Labute approximate surface area is 166 Å². The van der Waals surface area contributed by atoms with Crippen LogP contribution in [0.15, 0.2) is 48.5 Å². The Morgan fingerprint density at radius 2 is 1.71 bits per heavy atom. The van der Waals surface area contributed by atoms with Crippen molar-refractivity contribution in [3.8, 4) is 0 Å². The zero-order valence-corrected chi connectivity index (χ0v) is 16.4. The highest BCUT2D eigenvalue weighted by Gasteiger charge is 2.36. The first kappa shape index (κ1) is 18.7. The molecule has 28 heavy (non-hydrogen) atoms. The second-order valence-electron chi connectivity index (χ2n) is 7.46. The number of carbonyl (C=O) groups excluding carboxylic acids is 1. The van der Waals surface area contributed by atoms with Crippen molar-refractivity contribution in [2.75, 3.05) is 36.4 Å². The van der Waals surface area contributed by atoms with Crippen molar-refractivity contribution in [3.63, 3.8) is 0 Å². The van der Waals surface area contributed by atoms with E-state index in [-0.39, 0.29) is 18.1 Å². The molecule has 2 aliphatic heterocycles. The smallest absolute Gasteiger partial charge is 0.244 e. The van der Waals surface area contributed by atoms with Crippen LogP contribution in [0.4, 0.5) is 11.4 Å². The van der Waals surface area contributed by atoms with Gasteiger partial charge < -0.3 is 15.1 Å². The topological polar surface area (TPSA) is 71.7 Å². The third-order valence-electron chi connectivity index (χ3n) is 5.60. The van der Waals surface area contributed by atoms with E-state index in [1.54, 1.807) is 0 Å². The van der Waals surface area contributed by atoms with Crippen LogP contribution in [0.5, 0.6) is 0 Å². The zero-order valence-electron chi connectivity index (χ0n) is 16.4. The summed E-state index contributed by atoms with van der Waals surface area (Å²) < 4.78 is 0. The Bertz CT molecular complexity index is 819. The summed E-state index contributed by atoms with van der Waals surface area (Å²) in [6.07, 6.45) is -0.221. The first-order valence-corrected chi connectivity index (χ1v) is 9.80. The molecule has 2 heterocycles. The van der Waals surface area contributed by atoms with Crippen molar-refractivity contribution in [2.24, 2.45) is 0 Å². The maximum atomic E-state index is 13.1. The molecule has 2 fully saturated rings. The number of amides is 1. The number of rotatable bonds is 4. The predicted octanol–water partition coefficient (Wildman–Crippen LogP) is 1.37. The lowest BCUT2D eigenvalue weighted by Gasteiger charge is -2.37. The summed E-state index contributed by atoms with van der Waals surface area (Å²) >= 11 is 0. The fraction of sp³-hybridized carbons (Fsp3) is 0.381. The number of para-hydroxylation sites is 1. The molecule has 0 saturated carbocycles. The molecule has 2 unspecified atom stereocenters. The summed E-state index contributed by atoms with van der Waals surface area (Å²) in [5.74, 6) is 0.103. The minimum Gasteiger partial charge on any atom is -0.368 e. The minimum absolute atomic E-state index is 0.103. The minimum atomic E-state index is -0.370. The monoisotopic (exact) mass is 380 g/mol. The van der Waals surface area contributed by atoms with Crippen molar-refractivity contribution in [3.05, 3.63) is 59.7 Å². The van der Waals surface area contributed by atoms with Gasteiger partial charge in [-0.2, -0.15) is 5.53 Å². The summed E-state index contributed by atoms with van der Waals surface area (Å²) in [5.41, 5.74) is 13.8. The number of benzene rings is 2. The number of nitrogens with zero attached hydrogens (tertiary/aromatic N) is 2. The summed E-state index contributed by atoms with van der Waals surface area (Å²) in [4.78, 5) is 17.4. The number of hydrazine groups is 2. The van der Waals surface area contributed by atoms with Crippen molar-refractivity contribution in [2.45, 2.75) is 26.1 Å². The standard InChI is InChI=1S/C21H28N6O/c1-15-8-9-17(14-16(15)2)22-20-19(23-25-24-20)21(28)27-12-10-26(11-13-27)18-6-4-3-5-7-18/h3-9,14,19-20,22-25H,10-13H2,1-2H3. The number of hydrogen-bond acceptors (Lipinski definition) is 6. The van der Waals surface area contributed by atoms with Crippen LogP contribution < -0.4 is 26.6 Å². The maximum Gasteiger partial charge on any atom is 0.244 e. The fourth-order valence-electron chi connectivity index (χ4n) is 3.72. The van der Waals surface area contributed by atoms with Gasteiger partial charge in [0.05, 0.1) is 0 Å². The Morgan fingerprint density at radius 1 is 0.964 bits per heavy atom. The third-order valence-corrected chi connectivity index (χ3v) is 5.60. The number of nitrogens with one attached hydrogen (secondary N) is 4. The van der Waals surface area contributed by atoms with E-state index < -0.39 is 0 Å². The van der Waals surface area contributed by atoms with Crippen LogP contribution >= 0.6 is 0 Å². The van der Waals surface area contributed by atoms with Crippen molar-refractivity contribution in [1.29, 1.82) is 0 Å². The largest absolute Gasteiger partial charge is 0.368 e. The van der Waals surface area contributed by atoms with Crippen LogP contribution in [0.2, 0.25) is 0 Å². The van der Waals surface area contributed by atoms with E-state index in [1.165, 1.54) is 16.8 Å². The highest BCUT2D eigenvalue weighted by Crippen LogP contribution is 2.18. The molecule has 1 amide bonds. The average molecular weight is 380 g/mol. The molecular weight excluding hydrogens is 352 g/mol. The quantitative estimate of drug-likeness (QED) is 0.642. The van der Waals surface area contributed by atoms with Gasteiger partial charge in [0.25, 0.3) is 0 Å². The number of anilines is 2. The number of carbonyl (C=O) groups is 1. The van der Waals surface area contributed by atoms with Gasteiger partial charge in [-0.25, -0.2) is 10.9 Å². The van der Waals surface area contributed by atoms with E-state index in [1.807, 2.05) is 17.0 Å². The maximum absolute atomic E-state index is 13.1. The van der Waals surface area contributed by atoms with Gasteiger partial charge in [0.2, 0.25) is 5.91 Å². The van der Waals surface area contributed by atoms with Gasteiger partial charge in [-0.1, -0.05) is 24.3 Å². The molecule has 0 aromatic heterocycles. The van der Waals surface area contributed by atoms with E-state index in [0.717, 1.165) is 31.9 Å². The fourth-order valence-corrected chi connectivity index (χ4v) is 3.72. The van der Waals surface area contributed by atoms with Crippen molar-refractivity contribution < 1.29 is 4.79 Å². The number of aryl methyl sites for hydroxylation is 2. The summed E-state index contributed by atoms with van der Waals surface area (Å²) in [5, 5.41) is 3.42. The average Bonchev–Trinajstić information content (AvgIpc) is 3.19. The Morgan fingerprint density at radius 3 is 2.43 bits per heavy atom. The van der Waals surface area contributed by atoms with Crippen LogP contribution in [0.1, 0.15) is 11.1 Å². The van der Waals surface area contributed by atoms with Gasteiger partial charge in [-0.05, 0) is 49.2 Å². The Hall–Kier alpha value is -2.61. The number of piperazine rings is 1. The second kappa shape index (κ2) is 8.18. The van der Waals surface area contributed by atoms with Gasteiger partial charge in [0.15, 0.2) is 0 Å². The molecular formula is C21H28N6O. The highest BCUT2D eigenvalue weighted by atomic mass is 16.2. The van der Waals surface area contributed by atoms with Gasteiger partial charge in [0.1, 0.15) is 12.2 Å². The molecule has 148 valence electrons. The van der Waals surface area contributed by atoms with Gasteiger partial charge in [-0.3, -0.25) is 4.79 Å².